The lowest BCUT2D eigenvalue weighted by Gasteiger charge is -2.14. The van der Waals surface area contributed by atoms with E-state index >= 15 is 0 Å². The van der Waals surface area contributed by atoms with Crippen LogP contribution in [0.4, 0.5) is 4.39 Å². The number of rotatable bonds is 11. The first-order valence-corrected chi connectivity index (χ1v) is 14.6. The van der Waals surface area contributed by atoms with Gasteiger partial charge in [-0.3, -0.25) is 0 Å². The van der Waals surface area contributed by atoms with Crippen LogP contribution in [0.5, 0.6) is 0 Å². The summed E-state index contributed by atoms with van der Waals surface area (Å²) >= 11 is 0. The molecule has 0 fully saturated rings. The molecule has 0 spiro atoms. The van der Waals surface area contributed by atoms with E-state index in [1.165, 1.54) is 47.8 Å². The van der Waals surface area contributed by atoms with Crippen LogP contribution in [0.15, 0.2) is 81.1 Å². The van der Waals surface area contributed by atoms with Crippen LogP contribution in [0.1, 0.15) is 102 Å². The molecule has 1 N–H and O–H groups in total. The molecule has 214 valence electrons. The molecule has 1 nitrogen and oxygen atoms in total. The molecule has 0 bridgehead atoms. The van der Waals surface area contributed by atoms with Gasteiger partial charge in [0.25, 0.3) is 0 Å². The monoisotopic (exact) mass is 531 g/mol. The molecule has 39 heavy (non-hydrogen) atoms. The highest BCUT2D eigenvalue weighted by Gasteiger charge is 2.12. The van der Waals surface area contributed by atoms with Gasteiger partial charge in [-0.1, -0.05) is 104 Å². The highest BCUT2D eigenvalue weighted by atomic mass is 19.1. The first kappa shape index (κ1) is 35.9. The van der Waals surface area contributed by atoms with Crippen LogP contribution in [0.25, 0.3) is 22.0 Å². The average molecular weight is 532 g/mol. The highest BCUT2D eigenvalue weighted by Crippen LogP contribution is 2.32. The second-order valence-electron chi connectivity index (χ2n) is 9.80. The van der Waals surface area contributed by atoms with Crippen molar-refractivity contribution in [1.82, 2.24) is 4.98 Å². The quantitative estimate of drug-likeness (QED) is 0.187. The normalized spacial score (nSPS) is 9.97. The van der Waals surface area contributed by atoms with E-state index < -0.39 is 0 Å². The third-order valence-corrected chi connectivity index (χ3v) is 6.62. The molecular weight excluding hydrogens is 477 g/mol. The van der Waals surface area contributed by atoms with E-state index in [9.17, 15) is 4.39 Å². The molecule has 0 aliphatic carbocycles. The Labute approximate surface area is 239 Å². The van der Waals surface area contributed by atoms with E-state index in [-0.39, 0.29) is 5.82 Å². The summed E-state index contributed by atoms with van der Waals surface area (Å²) in [6, 6.07) is 11.3. The lowest BCUT2D eigenvalue weighted by molar-refractivity contribution is 0.438. The van der Waals surface area contributed by atoms with Crippen LogP contribution in [0.2, 0.25) is 0 Å². The van der Waals surface area contributed by atoms with Crippen molar-refractivity contribution in [2.75, 3.05) is 0 Å². The van der Waals surface area contributed by atoms with Gasteiger partial charge in [0.15, 0.2) is 0 Å². The Morgan fingerprint density at radius 1 is 0.872 bits per heavy atom. The number of aromatic amines is 1. The highest BCUT2D eigenvalue weighted by molar-refractivity contribution is 5.97. The second kappa shape index (κ2) is 19.9. The van der Waals surface area contributed by atoms with Crippen LogP contribution < -0.4 is 0 Å². The third kappa shape index (κ3) is 11.6. The molecule has 2 heteroatoms. The number of benzene rings is 2. The summed E-state index contributed by atoms with van der Waals surface area (Å²) in [5.41, 5.74) is 9.27. The van der Waals surface area contributed by atoms with Gasteiger partial charge in [0, 0.05) is 22.7 Å². The van der Waals surface area contributed by atoms with Gasteiger partial charge in [-0.15, -0.1) is 13.2 Å². The summed E-state index contributed by atoms with van der Waals surface area (Å²) < 4.78 is 12.7. The number of aromatic nitrogens is 1. The fraction of sp³-hybridized carbons (Fsp3) is 0.405. The van der Waals surface area contributed by atoms with E-state index in [1.807, 2.05) is 39.1 Å². The molecule has 2 aromatic carbocycles. The Balaban J connectivity index is 0.000000678. The molecule has 0 aliphatic rings. The van der Waals surface area contributed by atoms with Gasteiger partial charge < -0.3 is 4.98 Å². The summed E-state index contributed by atoms with van der Waals surface area (Å²) in [7, 11) is 0. The zero-order chi connectivity index (χ0) is 30.0. The van der Waals surface area contributed by atoms with Crippen LogP contribution in [-0.4, -0.2) is 4.98 Å². The number of hydrogen-bond acceptors (Lipinski definition) is 0. The predicted molar refractivity (Wildman–Crippen MR) is 177 cm³/mol. The number of allylic oxidation sites excluding steroid dienone is 3. The SMILES string of the molecule is C=C.C=C(CCC)C(=C)c1c[nH]c2cc(C)c(C(=C)C)cc12.CC.CCCC(CCC)Cc1ccc(F)cc1. The Bertz CT molecular complexity index is 1140. The van der Waals surface area contributed by atoms with E-state index in [2.05, 4.69) is 77.7 Å². The zero-order valence-corrected chi connectivity index (χ0v) is 26.0. The summed E-state index contributed by atoms with van der Waals surface area (Å²) in [5, 5.41) is 1.20. The van der Waals surface area contributed by atoms with Gasteiger partial charge in [-0.05, 0) is 84.7 Å². The minimum atomic E-state index is -0.138. The van der Waals surface area contributed by atoms with Crippen molar-refractivity contribution in [3.63, 3.8) is 0 Å². The van der Waals surface area contributed by atoms with Crippen molar-refractivity contribution < 1.29 is 4.39 Å². The molecule has 0 amide bonds. The standard InChI is InChI=1S/C19H23N.C14H21F.C2H6.C2H4/c1-7-8-13(4)15(6)18-11-20-19-9-14(5)16(12(2)3)10-17(18)19;1-3-5-12(6-4-2)11-13-7-9-14(15)10-8-13;2*1-2/h9-11,20H,2,4,6-8H2,1,3,5H3;7-10,12H,3-6,11H2,1-2H3;1-2H3;1-2H2. The van der Waals surface area contributed by atoms with E-state index in [1.54, 1.807) is 12.1 Å². The van der Waals surface area contributed by atoms with Gasteiger partial charge in [-0.2, -0.15) is 0 Å². The lowest BCUT2D eigenvalue weighted by atomic mass is 9.91. The third-order valence-electron chi connectivity index (χ3n) is 6.62. The number of aryl methyl sites for hydroxylation is 1. The smallest absolute Gasteiger partial charge is 0.123 e. The van der Waals surface area contributed by atoms with Crippen LogP contribution in [0, 0.1) is 18.7 Å². The number of H-pyrrole nitrogens is 1. The molecule has 3 rings (SSSR count). The molecule has 0 atom stereocenters. The Morgan fingerprint density at radius 3 is 1.92 bits per heavy atom. The fourth-order valence-electron chi connectivity index (χ4n) is 4.75. The van der Waals surface area contributed by atoms with Crippen molar-refractivity contribution in [1.29, 1.82) is 0 Å². The van der Waals surface area contributed by atoms with Gasteiger partial charge >= 0.3 is 0 Å². The first-order chi connectivity index (χ1) is 18.7. The average Bonchev–Trinajstić information content (AvgIpc) is 3.34. The molecule has 0 radical (unpaired) electrons. The molecule has 1 aromatic heterocycles. The molecule has 1 heterocycles. The predicted octanol–water partition coefficient (Wildman–Crippen LogP) is 12.3. The molecule has 0 saturated heterocycles. The largest absolute Gasteiger partial charge is 0.361 e. The van der Waals surface area contributed by atoms with Crippen molar-refractivity contribution in [3.05, 3.63) is 109 Å². The molecule has 0 unspecified atom stereocenters. The topological polar surface area (TPSA) is 15.8 Å². The Morgan fingerprint density at radius 2 is 1.44 bits per heavy atom. The maximum absolute atomic E-state index is 12.7. The van der Waals surface area contributed by atoms with Gasteiger partial charge in [0.1, 0.15) is 5.82 Å². The minimum absolute atomic E-state index is 0.138. The summed E-state index contributed by atoms with van der Waals surface area (Å²) in [5.74, 6) is 0.631. The number of fused-ring (bicyclic) bond motifs is 1. The van der Waals surface area contributed by atoms with Crippen LogP contribution in [-0.2, 0) is 6.42 Å². The summed E-state index contributed by atoms with van der Waals surface area (Å²) in [6.45, 7) is 33.2. The Kier molecular flexibility index (Phi) is 18.3. The maximum Gasteiger partial charge on any atom is 0.123 e. The van der Waals surface area contributed by atoms with Gasteiger partial charge in [0.2, 0.25) is 0 Å². The molecular formula is C37H54FN. The fourth-order valence-corrected chi connectivity index (χ4v) is 4.75. The Hall–Kier alpha value is -3.13. The van der Waals surface area contributed by atoms with E-state index in [0.717, 1.165) is 53.0 Å². The van der Waals surface area contributed by atoms with E-state index in [4.69, 9.17) is 0 Å². The molecule has 0 saturated carbocycles. The van der Waals surface area contributed by atoms with Crippen molar-refractivity contribution in [3.8, 4) is 0 Å². The van der Waals surface area contributed by atoms with Gasteiger partial charge in [0.05, 0.1) is 0 Å². The van der Waals surface area contributed by atoms with E-state index in [0.29, 0.717) is 0 Å². The summed E-state index contributed by atoms with van der Waals surface area (Å²) in [6.07, 6.45) is 10.3. The second-order valence-corrected chi connectivity index (χ2v) is 9.80. The minimum Gasteiger partial charge on any atom is -0.361 e. The zero-order valence-electron chi connectivity index (χ0n) is 26.0. The van der Waals surface area contributed by atoms with Crippen LogP contribution >= 0.6 is 0 Å². The van der Waals surface area contributed by atoms with Crippen molar-refractivity contribution in [2.45, 2.75) is 93.4 Å². The number of hydrogen-bond donors (Lipinski definition) is 1. The maximum atomic E-state index is 12.7. The first-order valence-electron chi connectivity index (χ1n) is 14.6. The number of nitrogens with one attached hydrogen (secondary N) is 1. The summed E-state index contributed by atoms with van der Waals surface area (Å²) in [4.78, 5) is 3.34. The molecule has 0 aliphatic heterocycles. The van der Waals surface area contributed by atoms with Crippen LogP contribution in [0.3, 0.4) is 0 Å². The lowest BCUT2D eigenvalue weighted by Crippen LogP contribution is -2.04. The number of halogens is 1. The van der Waals surface area contributed by atoms with Crippen molar-refractivity contribution >= 4 is 22.0 Å². The van der Waals surface area contributed by atoms with Gasteiger partial charge in [-0.25, -0.2) is 4.39 Å². The van der Waals surface area contributed by atoms with Crippen molar-refractivity contribution in [2.24, 2.45) is 5.92 Å². The molecule has 3 aromatic rings.